The minimum Gasteiger partial charge on any atom is -0.325 e. The smallest absolute Gasteiger partial charge is 0.134 e. The van der Waals surface area contributed by atoms with Crippen molar-refractivity contribution in [3.63, 3.8) is 0 Å². The number of nitrogens with zero attached hydrogens (tertiary/aromatic N) is 2. The molecule has 0 saturated carbocycles. The Balaban J connectivity index is 2.50. The summed E-state index contributed by atoms with van der Waals surface area (Å²) in [6.45, 7) is 8.12. The first-order valence-corrected chi connectivity index (χ1v) is 8.02. The van der Waals surface area contributed by atoms with Crippen LogP contribution in [0.15, 0.2) is 24.3 Å². The molecule has 0 unspecified atom stereocenters. The lowest BCUT2D eigenvalue weighted by molar-refractivity contribution is 1.07. The van der Waals surface area contributed by atoms with Crippen molar-refractivity contribution in [2.75, 3.05) is 5.32 Å². The molecule has 0 atom stereocenters. The van der Waals surface area contributed by atoms with Crippen LogP contribution >= 0.6 is 11.6 Å². The molecule has 3 nitrogen and oxygen atoms in total. The third-order valence-electron chi connectivity index (χ3n) is 3.55. The van der Waals surface area contributed by atoms with Crippen molar-refractivity contribution in [1.29, 1.82) is 0 Å². The normalized spacial score (nSPS) is 13.2. The lowest BCUT2D eigenvalue weighted by Crippen LogP contribution is -2.29. The Morgan fingerprint density at radius 2 is 1.95 bits per heavy atom. The first-order chi connectivity index (χ1) is 10.6. The van der Waals surface area contributed by atoms with Gasteiger partial charge in [-0.1, -0.05) is 37.6 Å². The summed E-state index contributed by atoms with van der Waals surface area (Å²) in [5.41, 5.74) is 2.15. The summed E-state index contributed by atoms with van der Waals surface area (Å²) >= 11 is 6.32. The Morgan fingerprint density at radius 1 is 1.18 bits per heavy atom. The minimum atomic E-state index is 0.764. The van der Waals surface area contributed by atoms with Gasteiger partial charge in [-0.3, -0.25) is 0 Å². The molecule has 0 bridgehead atoms. The SMILES string of the molecule is C/C=c1/ccc(Nc2nc(C)ccc2CC)n/c1=C(\Cl)CC. The number of pyridine rings is 2. The highest BCUT2D eigenvalue weighted by Crippen LogP contribution is 2.17. The summed E-state index contributed by atoms with van der Waals surface area (Å²) in [6.07, 6.45) is 3.71. The van der Waals surface area contributed by atoms with Crippen LogP contribution in [0.2, 0.25) is 0 Å². The van der Waals surface area contributed by atoms with Crippen molar-refractivity contribution >= 4 is 34.3 Å². The van der Waals surface area contributed by atoms with Crippen LogP contribution in [0.25, 0.3) is 11.1 Å². The number of halogens is 1. The summed E-state index contributed by atoms with van der Waals surface area (Å²) in [7, 11) is 0. The molecular weight excluding hydrogens is 294 g/mol. The van der Waals surface area contributed by atoms with Crippen LogP contribution in [0.4, 0.5) is 11.6 Å². The highest BCUT2D eigenvalue weighted by atomic mass is 35.5. The Hall–Kier alpha value is -1.87. The standard InChI is InChI=1S/C18H22ClN3/c1-5-13-10-11-16(21-17(13)15(19)7-3)22-18-14(6-2)9-8-12(4)20-18/h5,8-11H,6-7H2,1-4H3,(H,20,21,22)/b13-5-,17-15-. The van der Waals surface area contributed by atoms with Crippen LogP contribution < -0.4 is 15.9 Å². The first kappa shape index (κ1) is 16.5. The van der Waals surface area contributed by atoms with Crippen molar-refractivity contribution in [2.45, 2.75) is 40.5 Å². The van der Waals surface area contributed by atoms with Gasteiger partial charge in [-0.05, 0) is 55.7 Å². The van der Waals surface area contributed by atoms with Gasteiger partial charge in [0.1, 0.15) is 11.6 Å². The first-order valence-electron chi connectivity index (χ1n) is 7.64. The quantitative estimate of drug-likeness (QED) is 0.936. The minimum absolute atomic E-state index is 0.764. The Kier molecular flexibility index (Phi) is 5.56. The van der Waals surface area contributed by atoms with E-state index in [-0.39, 0.29) is 0 Å². The molecule has 0 aliphatic carbocycles. The van der Waals surface area contributed by atoms with E-state index in [1.54, 1.807) is 0 Å². The maximum Gasteiger partial charge on any atom is 0.134 e. The summed E-state index contributed by atoms with van der Waals surface area (Å²) in [5, 5.41) is 5.98. The van der Waals surface area contributed by atoms with E-state index >= 15 is 0 Å². The van der Waals surface area contributed by atoms with Gasteiger partial charge in [0.25, 0.3) is 0 Å². The zero-order valence-corrected chi connectivity index (χ0v) is 14.3. The summed E-state index contributed by atoms with van der Waals surface area (Å²) in [5.74, 6) is 1.63. The fourth-order valence-corrected chi connectivity index (χ4v) is 2.41. The van der Waals surface area contributed by atoms with Gasteiger partial charge >= 0.3 is 0 Å². The van der Waals surface area contributed by atoms with Crippen molar-refractivity contribution in [1.82, 2.24) is 9.97 Å². The monoisotopic (exact) mass is 315 g/mol. The molecule has 0 spiro atoms. The van der Waals surface area contributed by atoms with Crippen LogP contribution in [0.3, 0.4) is 0 Å². The van der Waals surface area contributed by atoms with Crippen LogP contribution in [0.5, 0.6) is 0 Å². The van der Waals surface area contributed by atoms with E-state index in [0.717, 1.165) is 45.8 Å². The molecular formula is C18H22ClN3. The van der Waals surface area contributed by atoms with Crippen LogP contribution in [-0.2, 0) is 6.42 Å². The number of rotatable bonds is 4. The van der Waals surface area contributed by atoms with E-state index in [2.05, 4.69) is 28.3 Å². The maximum absolute atomic E-state index is 6.32. The molecule has 2 aromatic heterocycles. The lowest BCUT2D eigenvalue weighted by Gasteiger charge is -2.10. The average Bonchev–Trinajstić information content (AvgIpc) is 2.54. The molecule has 0 aromatic carbocycles. The second kappa shape index (κ2) is 7.41. The van der Waals surface area contributed by atoms with E-state index in [9.17, 15) is 0 Å². The van der Waals surface area contributed by atoms with Crippen molar-refractivity contribution in [3.05, 3.63) is 46.1 Å². The second-order valence-corrected chi connectivity index (χ2v) is 5.58. The van der Waals surface area contributed by atoms with Crippen molar-refractivity contribution in [3.8, 4) is 0 Å². The van der Waals surface area contributed by atoms with Gasteiger partial charge in [0.05, 0.1) is 5.35 Å². The molecule has 116 valence electrons. The van der Waals surface area contributed by atoms with E-state index in [4.69, 9.17) is 11.6 Å². The molecule has 0 fully saturated rings. The highest BCUT2D eigenvalue weighted by molar-refractivity contribution is 6.44. The zero-order valence-electron chi connectivity index (χ0n) is 13.6. The third kappa shape index (κ3) is 3.66. The Morgan fingerprint density at radius 3 is 2.59 bits per heavy atom. The number of aryl methyl sites for hydroxylation is 2. The maximum atomic E-state index is 6.32. The number of nitrogens with one attached hydrogen (secondary N) is 1. The fraction of sp³-hybridized carbons (Fsp3) is 0.333. The molecule has 22 heavy (non-hydrogen) atoms. The van der Waals surface area contributed by atoms with Gasteiger partial charge < -0.3 is 5.32 Å². The van der Waals surface area contributed by atoms with Crippen molar-refractivity contribution in [2.24, 2.45) is 0 Å². The largest absolute Gasteiger partial charge is 0.325 e. The Bertz CT molecular complexity index is 781. The molecule has 0 amide bonds. The van der Waals surface area contributed by atoms with E-state index in [1.165, 1.54) is 5.56 Å². The number of hydrogen-bond donors (Lipinski definition) is 1. The molecule has 1 N–H and O–H groups in total. The second-order valence-electron chi connectivity index (χ2n) is 5.12. The van der Waals surface area contributed by atoms with Gasteiger partial charge in [-0.25, -0.2) is 9.97 Å². The highest BCUT2D eigenvalue weighted by Gasteiger charge is 2.05. The van der Waals surface area contributed by atoms with Gasteiger partial charge in [0.15, 0.2) is 0 Å². The van der Waals surface area contributed by atoms with E-state index in [1.807, 2.05) is 45.0 Å². The lowest BCUT2D eigenvalue weighted by atomic mass is 10.2. The molecule has 4 heteroatoms. The van der Waals surface area contributed by atoms with Gasteiger partial charge in [-0.2, -0.15) is 0 Å². The fourth-order valence-electron chi connectivity index (χ4n) is 2.26. The van der Waals surface area contributed by atoms with Gasteiger partial charge in [-0.15, -0.1) is 0 Å². The van der Waals surface area contributed by atoms with Crippen molar-refractivity contribution < 1.29 is 0 Å². The molecule has 2 rings (SSSR count). The molecule has 2 heterocycles. The zero-order chi connectivity index (χ0) is 16.1. The van der Waals surface area contributed by atoms with Crippen LogP contribution in [-0.4, -0.2) is 9.97 Å². The molecule has 2 aromatic rings. The summed E-state index contributed by atoms with van der Waals surface area (Å²) in [6, 6.07) is 8.12. The summed E-state index contributed by atoms with van der Waals surface area (Å²) in [4.78, 5) is 9.24. The molecule has 0 aliphatic heterocycles. The summed E-state index contributed by atoms with van der Waals surface area (Å²) < 4.78 is 0. The molecule has 0 saturated heterocycles. The molecule has 0 radical (unpaired) electrons. The molecule has 0 aliphatic rings. The number of hydrogen-bond acceptors (Lipinski definition) is 3. The number of aromatic nitrogens is 2. The van der Waals surface area contributed by atoms with Gasteiger partial charge in [0, 0.05) is 10.7 Å². The predicted octanol–water partition coefficient (Wildman–Crippen LogP) is 3.65. The topological polar surface area (TPSA) is 37.8 Å². The Labute approximate surface area is 136 Å². The average molecular weight is 316 g/mol. The van der Waals surface area contributed by atoms with E-state index < -0.39 is 0 Å². The van der Waals surface area contributed by atoms with E-state index in [0.29, 0.717) is 0 Å². The number of anilines is 2. The predicted molar refractivity (Wildman–Crippen MR) is 94.8 cm³/mol. The van der Waals surface area contributed by atoms with Crippen LogP contribution in [0, 0.1) is 6.92 Å². The third-order valence-corrected chi connectivity index (χ3v) is 4.00. The van der Waals surface area contributed by atoms with Crippen LogP contribution in [0.1, 0.15) is 38.4 Å². The van der Waals surface area contributed by atoms with Gasteiger partial charge in [0.2, 0.25) is 0 Å².